The van der Waals surface area contributed by atoms with Crippen LogP contribution < -0.4 is 5.32 Å². The summed E-state index contributed by atoms with van der Waals surface area (Å²) in [7, 11) is 2.04. The fourth-order valence-corrected chi connectivity index (χ4v) is 2.26. The standard InChI is InChI=1S/C12H27N3/c1-5-15-9-8-14(10-12(15)3)7-6-11(2)13-4/h11-13H,5-10H2,1-4H3. The Kier molecular flexibility index (Phi) is 5.58. The first-order valence-corrected chi connectivity index (χ1v) is 6.31. The highest BCUT2D eigenvalue weighted by Gasteiger charge is 2.21. The Morgan fingerprint density at radius 3 is 2.67 bits per heavy atom. The van der Waals surface area contributed by atoms with Crippen LogP contribution in [0.4, 0.5) is 0 Å². The van der Waals surface area contributed by atoms with Crippen LogP contribution in [0, 0.1) is 0 Å². The Morgan fingerprint density at radius 2 is 2.13 bits per heavy atom. The summed E-state index contributed by atoms with van der Waals surface area (Å²) < 4.78 is 0. The first-order chi connectivity index (χ1) is 7.17. The predicted octanol–water partition coefficient (Wildman–Crippen LogP) is 1.01. The van der Waals surface area contributed by atoms with Crippen molar-refractivity contribution < 1.29 is 0 Å². The van der Waals surface area contributed by atoms with Gasteiger partial charge in [0, 0.05) is 31.7 Å². The van der Waals surface area contributed by atoms with Crippen LogP contribution in [0.15, 0.2) is 0 Å². The van der Waals surface area contributed by atoms with Gasteiger partial charge in [-0.05, 0) is 40.4 Å². The van der Waals surface area contributed by atoms with Crippen LogP contribution in [0.5, 0.6) is 0 Å². The molecule has 0 aliphatic carbocycles. The van der Waals surface area contributed by atoms with Crippen LogP contribution in [0.1, 0.15) is 27.2 Å². The number of nitrogens with zero attached hydrogens (tertiary/aromatic N) is 2. The molecular weight excluding hydrogens is 186 g/mol. The lowest BCUT2D eigenvalue weighted by Crippen LogP contribution is -2.52. The van der Waals surface area contributed by atoms with E-state index in [0.29, 0.717) is 6.04 Å². The molecule has 0 amide bonds. The minimum atomic E-state index is 0.643. The van der Waals surface area contributed by atoms with E-state index in [1.54, 1.807) is 0 Å². The molecule has 1 heterocycles. The maximum absolute atomic E-state index is 3.30. The van der Waals surface area contributed by atoms with E-state index in [1.165, 1.54) is 39.1 Å². The van der Waals surface area contributed by atoms with E-state index in [-0.39, 0.29) is 0 Å². The van der Waals surface area contributed by atoms with E-state index in [0.717, 1.165) is 6.04 Å². The molecule has 2 unspecified atom stereocenters. The van der Waals surface area contributed by atoms with E-state index >= 15 is 0 Å². The van der Waals surface area contributed by atoms with Gasteiger partial charge >= 0.3 is 0 Å². The van der Waals surface area contributed by atoms with Crippen molar-refractivity contribution >= 4 is 0 Å². The Bertz CT molecular complexity index is 172. The number of rotatable bonds is 5. The average molecular weight is 213 g/mol. The molecule has 0 aromatic rings. The minimum Gasteiger partial charge on any atom is -0.317 e. The molecule has 2 atom stereocenters. The number of piperazine rings is 1. The molecule has 1 rings (SSSR count). The highest BCUT2D eigenvalue weighted by atomic mass is 15.3. The van der Waals surface area contributed by atoms with E-state index in [4.69, 9.17) is 0 Å². The van der Waals surface area contributed by atoms with Gasteiger partial charge in [-0.2, -0.15) is 0 Å². The predicted molar refractivity (Wildman–Crippen MR) is 66.3 cm³/mol. The zero-order valence-corrected chi connectivity index (χ0v) is 10.8. The molecule has 0 saturated carbocycles. The molecule has 0 bridgehead atoms. The van der Waals surface area contributed by atoms with Crippen molar-refractivity contribution in [1.82, 2.24) is 15.1 Å². The fraction of sp³-hybridized carbons (Fsp3) is 1.00. The molecule has 15 heavy (non-hydrogen) atoms. The normalized spacial score (nSPS) is 26.8. The smallest absolute Gasteiger partial charge is 0.0195 e. The molecule has 3 nitrogen and oxygen atoms in total. The molecular formula is C12H27N3. The Labute approximate surface area is 94.8 Å². The topological polar surface area (TPSA) is 18.5 Å². The highest BCUT2D eigenvalue weighted by molar-refractivity contribution is 4.78. The lowest BCUT2D eigenvalue weighted by Gasteiger charge is -2.39. The van der Waals surface area contributed by atoms with Gasteiger partial charge < -0.3 is 10.2 Å². The Hall–Kier alpha value is -0.120. The van der Waals surface area contributed by atoms with Crippen LogP contribution in [0.25, 0.3) is 0 Å². The van der Waals surface area contributed by atoms with Crippen molar-refractivity contribution in [3.05, 3.63) is 0 Å². The third kappa shape index (κ3) is 4.09. The first kappa shape index (κ1) is 12.9. The molecule has 0 spiro atoms. The average Bonchev–Trinajstić information content (AvgIpc) is 2.26. The van der Waals surface area contributed by atoms with Gasteiger partial charge in [0.2, 0.25) is 0 Å². The van der Waals surface area contributed by atoms with Crippen LogP contribution in [0.2, 0.25) is 0 Å². The van der Waals surface area contributed by atoms with Crippen LogP contribution in [0.3, 0.4) is 0 Å². The molecule has 90 valence electrons. The summed E-state index contributed by atoms with van der Waals surface area (Å²) in [4.78, 5) is 5.17. The van der Waals surface area contributed by atoms with Gasteiger partial charge in [0.15, 0.2) is 0 Å². The van der Waals surface area contributed by atoms with Crippen molar-refractivity contribution in [2.75, 3.05) is 39.8 Å². The van der Waals surface area contributed by atoms with E-state index in [1.807, 2.05) is 7.05 Å². The number of likely N-dealkylation sites (N-methyl/N-ethyl adjacent to an activating group) is 1. The zero-order chi connectivity index (χ0) is 11.3. The monoisotopic (exact) mass is 213 g/mol. The summed E-state index contributed by atoms with van der Waals surface area (Å²) in [5.41, 5.74) is 0. The van der Waals surface area contributed by atoms with E-state index in [2.05, 4.69) is 35.9 Å². The maximum Gasteiger partial charge on any atom is 0.0195 e. The first-order valence-electron chi connectivity index (χ1n) is 6.31. The van der Waals surface area contributed by atoms with Gasteiger partial charge in [-0.1, -0.05) is 6.92 Å². The number of hydrogen-bond donors (Lipinski definition) is 1. The van der Waals surface area contributed by atoms with Gasteiger partial charge in [-0.15, -0.1) is 0 Å². The maximum atomic E-state index is 3.30. The molecule has 1 aliphatic rings. The van der Waals surface area contributed by atoms with Crippen molar-refractivity contribution in [3.8, 4) is 0 Å². The Balaban J connectivity index is 2.22. The second kappa shape index (κ2) is 6.46. The van der Waals surface area contributed by atoms with Crippen LogP contribution in [-0.2, 0) is 0 Å². The van der Waals surface area contributed by atoms with Gasteiger partial charge in [-0.3, -0.25) is 4.90 Å². The minimum absolute atomic E-state index is 0.643. The van der Waals surface area contributed by atoms with E-state index in [9.17, 15) is 0 Å². The largest absolute Gasteiger partial charge is 0.317 e. The number of hydrogen-bond acceptors (Lipinski definition) is 3. The second-order valence-corrected chi connectivity index (χ2v) is 4.76. The van der Waals surface area contributed by atoms with Crippen LogP contribution >= 0.6 is 0 Å². The third-order valence-corrected chi connectivity index (χ3v) is 3.63. The lowest BCUT2D eigenvalue weighted by atomic mass is 10.1. The summed E-state index contributed by atoms with van der Waals surface area (Å²) in [5.74, 6) is 0. The van der Waals surface area contributed by atoms with Crippen molar-refractivity contribution in [2.24, 2.45) is 0 Å². The summed E-state index contributed by atoms with van der Waals surface area (Å²) in [5, 5.41) is 3.30. The SMILES string of the molecule is CCN1CCN(CCC(C)NC)CC1C. The molecule has 0 aromatic heterocycles. The molecule has 0 aromatic carbocycles. The van der Waals surface area contributed by atoms with Gasteiger partial charge in [0.25, 0.3) is 0 Å². The zero-order valence-electron chi connectivity index (χ0n) is 10.8. The number of nitrogens with one attached hydrogen (secondary N) is 1. The molecule has 1 saturated heterocycles. The second-order valence-electron chi connectivity index (χ2n) is 4.76. The highest BCUT2D eigenvalue weighted by Crippen LogP contribution is 2.09. The quantitative estimate of drug-likeness (QED) is 0.735. The molecule has 1 fully saturated rings. The lowest BCUT2D eigenvalue weighted by molar-refractivity contribution is 0.0858. The summed E-state index contributed by atoms with van der Waals surface area (Å²) in [6.45, 7) is 13.0. The summed E-state index contributed by atoms with van der Waals surface area (Å²) in [6, 6.07) is 1.37. The summed E-state index contributed by atoms with van der Waals surface area (Å²) >= 11 is 0. The van der Waals surface area contributed by atoms with Crippen molar-refractivity contribution in [3.63, 3.8) is 0 Å². The molecule has 3 heteroatoms. The van der Waals surface area contributed by atoms with Gasteiger partial charge in [0.05, 0.1) is 0 Å². The van der Waals surface area contributed by atoms with Crippen molar-refractivity contribution in [2.45, 2.75) is 39.3 Å². The third-order valence-electron chi connectivity index (χ3n) is 3.63. The van der Waals surface area contributed by atoms with Gasteiger partial charge in [-0.25, -0.2) is 0 Å². The molecule has 1 aliphatic heterocycles. The van der Waals surface area contributed by atoms with Crippen molar-refractivity contribution in [1.29, 1.82) is 0 Å². The van der Waals surface area contributed by atoms with E-state index < -0.39 is 0 Å². The summed E-state index contributed by atoms with van der Waals surface area (Å²) in [6.07, 6.45) is 1.26. The molecule has 1 N–H and O–H groups in total. The van der Waals surface area contributed by atoms with Crippen LogP contribution in [-0.4, -0.2) is 61.7 Å². The van der Waals surface area contributed by atoms with Gasteiger partial charge in [0.1, 0.15) is 0 Å². The fourth-order valence-electron chi connectivity index (χ4n) is 2.26. The Morgan fingerprint density at radius 1 is 1.40 bits per heavy atom. The molecule has 0 radical (unpaired) electrons.